The van der Waals surface area contributed by atoms with Crippen molar-refractivity contribution in [2.24, 2.45) is 0 Å². The standard InChI is InChI=1S/C6H4F3NO3S/c7-6(8,9)14(11,12)13-5-1-3-10-4-2-5/h1-4H. The Morgan fingerprint density at radius 1 is 1.21 bits per heavy atom. The van der Waals surface area contributed by atoms with Crippen LogP contribution in [0.25, 0.3) is 0 Å². The van der Waals surface area contributed by atoms with Crippen LogP contribution in [0, 0.1) is 0 Å². The molecular formula is C6H4F3NO3S. The fourth-order valence-corrected chi connectivity index (χ4v) is 1.03. The first-order valence-electron chi connectivity index (χ1n) is 3.24. The lowest BCUT2D eigenvalue weighted by Gasteiger charge is -2.08. The Labute approximate surface area is 77.5 Å². The van der Waals surface area contributed by atoms with E-state index in [9.17, 15) is 21.6 Å². The fourth-order valence-electron chi connectivity index (χ4n) is 0.568. The zero-order chi connectivity index (χ0) is 10.8. The zero-order valence-corrected chi connectivity index (χ0v) is 7.34. The number of pyridine rings is 1. The zero-order valence-electron chi connectivity index (χ0n) is 6.52. The summed E-state index contributed by atoms with van der Waals surface area (Å²) in [6.07, 6.45) is 2.22. The van der Waals surface area contributed by atoms with Gasteiger partial charge in [0.15, 0.2) is 0 Å². The average Bonchev–Trinajstić information content (AvgIpc) is 2.03. The third kappa shape index (κ3) is 2.34. The van der Waals surface area contributed by atoms with Crippen molar-refractivity contribution in [2.45, 2.75) is 5.51 Å². The summed E-state index contributed by atoms with van der Waals surface area (Å²) in [6, 6.07) is 2.01. The van der Waals surface area contributed by atoms with Crippen molar-refractivity contribution in [3.05, 3.63) is 24.5 Å². The Morgan fingerprint density at radius 2 is 1.71 bits per heavy atom. The van der Waals surface area contributed by atoms with Crippen LogP contribution in [0.1, 0.15) is 0 Å². The molecule has 1 aromatic heterocycles. The molecular weight excluding hydrogens is 223 g/mol. The molecule has 14 heavy (non-hydrogen) atoms. The molecule has 0 aliphatic heterocycles. The molecule has 78 valence electrons. The monoisotopic (exact) mass is 227 g/mol. The maximum Gasteiger partial charge on any atom is 0.534 e. The summed E-state index contributed by atoms with van der Waals surface area (Å²) in [5, 5.41) is 0. The third-order valence-corrected chi connectivity index (χ3v) is 2.12. The second-order valence-corrected chi connectivity index (χ2v) is 3.70. The van der Waals surface area contributed by atoms with E-state index >= 15 is 0 Å². The normalized spacial score (nSPS) is 12.5. The SMILES string of the molecule is O=S(=O)(Oc1ccncc1)C(F)(F)F. The number of hydrogen-bond acceptors (Lipinski definition) is 4. The lowest BCUT2D eigenvalue weighted by Crippen LogP contribution is -2.28. The van der Waals surface area contributed by atoms with Crippen molar-refractivity contribution in [1.29, 1.82) is 0 Å². The van der Waals surface area contributed by atoms with Crippen LogP contribution in [0.5, 0.6) is 5.75 Å². The molecule has 8 heteroatoms. The Morgan fingerprint density at radius 3 is 2.14 bits per heavy atom. The van der Waals surface area contributed by atoms with Crippen molar-refractivity contribution >= 4 is 10.1 Å². The molecule has 0 saturated heterocycles. The van der Waals surface area contributed by atoms with Gasteiger partial charge in [-0.1, -0.05) is 0 Å². The molecule has 0 bridgehead atoms. The average molecular weight is 227 g/mol. The number of alkyl halides is 3. The number of aromatic nitrogens is 1. The Bertz CT molecular complexity index is 400. The molecule has 1 aromatic rings. The lowest BCUT2D eigenvalue weighted by molar-refractivity contribution is -0.0500. The number of rotatable bonds is 2. The molecule has 1 heterocycles. The summed E-state index contributed by atoms with van der Waals surface area (Å²) in [7, 11) is -5.58. The van der Waals surface area contributed by atoms with Crippen molar-refractivity contribution in [2.75, 3.05) is 0 Å². The van der Waals surface area contributed by atoms with Crippen LogP contribution in [0.3, 0.4) is 0 Å². The predicted octanol–water partition coefficient (Wildman–Crippen LogP) is 1.31. The van der Waals surface area contributed by atoms with Gasteiger partial charge in [0.2, 0.25) is 0 Å². The van der Waals surface area contributed by atoms with E-state index in [4.69, 9.17) is 0 Å². The van der Waals surface area contributed by atoms with Gasteiger partial charge < -0.3 is 4.18 Å². The van der Waals surface area contributed by atoms with E-state index in [0.29, 0.717) is 0 Å². The molecule has 1 rings (SSSR count). The first kappa shape index (κ1) is 10.8. The number of halogens is 3. The summed E-state index contributed by atoms with van der Waals surface area (Å²) in [5.74, 6) is -0.433. The molecule has 0 saturated carbocycles. The van der Waals surface area contributed by atoms with Gasteiger partial charge in [0.1, 0.15) is 5.75 Å². The second-order valence-electron chi connectivity index (χ2n) is 2.17. The molecule has 0 amide bonds. The van der Waals surface area contributed by atoms with Crippen molar-refractivity contribution in [1.82, 2.24) is 4.98 Å². The maximum absolute atomic E-state index is 11.8. The van der Waals surface area contributed by atoms with Gasteiger partial charge in [-0.05, 0) is 0 Å². The second kappa shape index (κ2) is 3.45. The van der Waals surface area contributed by atoms with Gasteiger partial charge in [0.25, 0.3) is 0 Å². The largest absolute Gasteiger partial charge is 0.534 e. The Kier molecular flexibility index (Phi) is 2.65. The minimum atomic E-state index is -5.58. The molecule has 0 atom stereocenters. The van der Waals surface area contributed by atoms with Crippen LogP contribution in [-0.4, -0.2) is 18.9 Å². The summed E-state index contributed by atoms with van der Waals surface area (Å²) >= 11 is 0. The van der Waals surface area contributed by atoms with Crippen LogP contribution < -0.4 is 4.18 Å². The highest BCUT2D eigenvalue weighted by Gasteiger charge is 2.48. The summed E-state index contributed by atoms with van der Waals surface area (Å²) in [5.41, 5.74) is -5.42. The molecule has 0 radical (unpaired) electrons. The molecule has 0 N–H and O–H groups in total. The van der Waals surface area contributed by atoms with Gasteiger partial charge in [-0.15, -0.1) is 0 Å². The van der Waals surface area contributed by atoms with E-state index in [0.717, 1.165) is 24.5 Å². The van der Waals surface area contributed by atoms with E-state index in [1.807, 2.05) is 0 Å². The molecule has 0 aliphatic rings. The van der Waals surface area contributed by atoms with Crippen LogP contribution in [0.15, 0.2) is 24.5 Å². The van der Waals surface area contributed by atoms with Crippen molar-refractivity contribution < 1.29 is 25.8 Å². The van der Waals surface area contributed by atoms with Crippen LogP contribution in [0.2, 0.25) is 0 Å². The van der Waals surface area contributed by atoms with Gasteiger partial charge in [-0.2, -0.15) is 21.6 Å². The van der Waals surface area contributed by atoms with Crippen LogP contribution >= 0.6 is 0 Å². The van der Waals surface area contributed by atoms with Gasteiger partial charge in [-0.25, -0.2) is 0 Å². The number of hydrogen-bond donors (Lipinski definition) is 0. The van der Waals surface area contributed by atoms with E-state index in [1.54, 1.807) is 0 Å². The fraction of sp³-hybridized carbons (Fsp3) is 0.167. The molecule has 0 spiro atoms. The van der Waals surface area contributed by atoms with Gasteiger partial charge in [0.05, 0.1) is 0 Å². The molecule has 0 unspecified atom stereocenters. The first-order chi connectivity index (χ1) is 6.33. The van der Waals surface area contributed by atoms with Gasteiger partial charge in [0, 0.05) is 24.5 Å². The minimum absolute atomic E-state index is 0.433. The predicted molar refractivity (Wildman–Crippen MR) is 39.8 cm³/mol. The molecule has 4 nitrogen and oxygen atoms in total. The van der Waals surface area contributed by atoms with E-state index < -0.39 is 21.4 Å². The molecule has 0 aromatic carbocycles. The number of nitrogens with zero attached hydrogens (tertiary/aromatic N) is 1. The van der Waals surface area contributed by atoms with Crippen LogP contribution in [-0.2, 0) is 10.1 Å². The highest BCUT2D eigenvalue weighted by molar-refractivity contribution is 7.87. The van der Waals surface area contributed by atoms with Gasteiger partial charge in [-0.3, -0.25) is 4.98 Å². The van der Waals surface area contributed by atoms with Crippen LogP contribution in [0.4, 0.5) is 13.2 Å². The van der Waals surface area contributed by atoms with E-state index in [-0.39, 0.29) is 0 Å². The highest BCUT2D eigenvalue weighted by atomic mass is 32.2. The van der Waals surface area contributed by atoms with E-state index in [2.05, 4.69) is 9.17 Å². The minimum Gasteiger partial charge on any atom is -0.376 e. The summed E-state index contributed by atoms with van der Waals surface area (Å²) in [6.45, 7) is 0. The third-order valence-electron chi connectivity index (χ3n) is 1.14. The summed E-state index contributed by atoms with van der Waals surface area (Å²) < 4.78 is 60.1. The lowest BCUT2D eigenvalue weighted by atomic mass is 10.5. The molecule has 0 aliphatic carbocycles. The van der Waals surface area contributed by atoms with Crippen molar-refractivity contribution in [3.8, 4) is 5.75 Å². The smallest absolute Gasteiger partial charge is 0.376 e. The van der Waals surface area contributed by atoms with Gasteiger partial charge >= 0.3 is 15.6 Å². The summed E-state index contributed by atoms with van der Waals surface area (Å²) in [4.78, 5) is 3.48. The van der Waals surface area contributed by atoms with E-state index in [1.165, 1.54) is 0 Å². The highest BCUT2D eigenvalue weighted by Crippen LogP contribution is 2.26. The maximum atomic E-state index is 11.8. The topological polar surface area (TPSA) is 56.3 Å². The van der Waals surface area contributed by atoms with Crippen molar-refractivity contribution in [3.63, 3.8) is 0 Å². The molecule has 0 fully saturated rings. The quantitative estimate of drug-likeness (QED) is 0.564. The first-order valence-corrected chi connectivity index (χ1v) is 4.64. The Balaban J connectivity index is 2.91. The Hall–Kier alpha value is -1.31.